The van der Waals surface area contributed by atoms with Crippen LogP contribution in [0.4, 0.5) is 4.79 Å². The summed E-state index contributed by atoms with van der Waals surface area (Å²) in [5.41, 5.74) is 1.01. The Morgan fingerprint density at radius 2 is 1.34 bits per heavy atom. The van der Waals surface area contributed by atoms with Gasteiger partial charge >= 0.3 is 12.1 Å². The second kappa shape index (κ2) is 22.0. The Morgan fingerprint density at radius 1 is 0.774 bits per heavy atom. The molecule has 7 N–H and O–H groups in total. The summed E-state index contributed by atoms with van der Waals surface area (Å²) in [6.45, 7) is 0.243. The van der Waals surface area contributed by atoms with E-state index in [0.29, 0.717) is 36.0 Å². The molecule has 1 aliphatic carbocycles. The average molecular weight is 891 g/mol. The number of ether oxygens (including phenoxy) is 1. The number of phenolic OH excluding ortho intramolecular Hbond substituents is 1. The molecule has 0 spiro atoms. The Hall–Kier alpha value is -5.54. The summed E-state index contributed by atoms with van der Waals surface area (Å²) >= 11 is 0. The molecule has 332 valence electrons. The van der Waals surface area contributed by atoms with E-state index in [9.17, 15) is 42.7 Å². The molecule has 0 aromatic heterocycles. The number of carbonyl (C=O) groups excluding carboxylic acids is 3. The van der Waals surface area contributed by atoms with Crippen molar-refractivity contribution in [2.24, 2.45) is 5.41 Å². The van der Waals surface area contributed by atoms with Crippen molar-refractivity contribution < 1.29 is 52.0 Å². The summed E-state index contributed by atoms with van der Waals surface area (Å²) in [5.74, 6) is -5.43. The second-order valence-electron chi connectivity index (χ2n) is 15.8. The molecule has 4 aromatic rings. The maximum absolute atomic E-state index is 15.3. The van der Waals surface area contributed by atoms with E-state index in [1.54, 1.807) is 60.7 Å². The van der Waals surface area contributed by atoms with Gasteiger partial charge in [-0.05, 0) is 66.5 Å². The number of carbonyl (C=O) groups is 4. The highest BCUT2D eigenvalue weighted by molar-refractivity contribution is 7.88. The summed E-state index contributed by atoms with van der Waals surface area (Å²) in [6.07, 6.45) is 1.54. The maximum atomic E-state index is 15.3. The van der Waals surface area contributed by atoms with Gasteiger partial charge < -0.3 is 35.8 Å². The van der Waals surface area contributed by atoms with E-state index in [4.69, 9.17) is 4.74 Å². The van der Waals surface area contributed by atoms with Gasteiger partial charge in [0.1, 0.15) is 30.2 Å². The molecule has 5 rings (SSSR count). The fourth-order valence-corrected chi connectivity index (χ4v) is 11.3. The van der Waals surface area contributed by atoms with Crippen LogP contribution in [0.3, 0.4) is 0 Å². The molecule has 0 saturated heterocycles. The van der Waals surface area contributed by atoms with Crippen molar-refractivity contribution in [1.29, 1.82) is 0 Å². The minimum atomic E-state index is -4.73. The molecule has 0 radical (unpaired) electrons. The third-order valence-corrected chi connectivity index (χ3v) is 14.1. The number of unbranched alkanes of at least 4 members (excludes halogenated alkanes) is 1. The standard InChI is InChI=1S/C45H55N4O11PS/c1-62(58,59)49-37(21-11-14-28-46-44(55)60-30-33-15-5-2-6-16-33)40(51)48-41(39(34-17-7-3-8-18-34)35-19-9-4-10-20-35)61(56,57)31-45(26-12-13-27-45)43(54)47-38(42(52)53)29-32-22-24-36(50)25-23-32/h2-10,15-20,22-25,37-39,41,49-50H,11-14,21,26-31H2,1H3,(H,46,55)(H,47,54)(H,48,51)(H,52,53)(H,56,57)/t37-,38-,41+/m0/s1. The number of nitrogens with one attached hydrogen (secondary N) is 4. The minimum absolute atomic E-state index is 0.0103. The molecular weight excluding hydrogens is 836 g/mol. The third-order valence-electron chi connectivity index (χ3n) is 11.0. The number of sulfonamides is 1. The molecule has 4 atom stereocenters. The van der Waals surface area contributed by atoms with Gasteiger partial charge in [0.05, 0.1) is 11.7 Å². The number of benzene rings is 4. The lowest BCUT2D eigenvalue weighted by Gasteiger charge is -2.38. The Kier molecular flexibility index (Phi) is 16.9. The van der Waals surface area contributed by atoms with E-state index in [2.05, 4.69) is 20.7 Å². The molecule has 62 heavy (non-hydrogen) atoms. The van der Waals surface area contributed by atoms with Crippen LogP contribution in [-0.2, 0) is 46.7 Å². The fourth-order valence-electron chi connectivity index (χ4n) is 7.90. The van der Waals surface area contributed by atoms with Crippen LogP contribution in [0.5, 0.6) is 5.75 Å². The number of rotatable bonds is 22. The molecule has 1 fully saturated rings. The van der Waals surface area contributed by atoms with Crippen LogP contribution in [0.25, 0.3) is 0 Å². The van der Waals surface area contributed by atoms with Crippen LogP contribution in [-0.4, -0.2) is 84.2 Å². The van der Waals surface area contributed by atoms with E-state index in [-0.39, 0.29) is 51.0 Å². The Labute approximate surface area is 362 Å². The van der Waals surface area contributed by atoms with Gasteiger partial charge in [-0.25, -0.2) is 22.7 Å². The zero-order valence-electron chi connectivity index (χ0n) is 34.5. The number of aromatic hydroxyl groups is 1. The van der Waals surface area contributed by atoms with Gasteiger partial charge in [-0.2, -0.15) is 0 Å². The number of phenols is 1. The third kappa shape index (κ3) is 14.0. The molecule has 1 unspecified atom stereocenters. The molecule has 0 heterocycles. The van der Waals surface area contributed by atoms with Gasteiger partial charge in [-0.1, -0.05) is 116 Å². The van der Waals surface area contributed by atoms with Gasteiger partial charge in [-0.3, -0.25) is 14.2 Å². The molecule has 0 aliphatic heterocycles. The molecular formula is C45H55N4O11PS. The first-order chi connectivity index (χ1) is 29.5. The van der Waals surface area contributed by atoms with Crippen molar-refractivity contribution in [3.63, 3.8) is 0 Å². The van der Waals surface area contributed by atoms with Crippen LogP contribution in [0.2, 0.25) is 0 Å². The number of alkyl carbamates (subject to hydrolysis) is 1. The Balaban J connectivity index is 1.40. The number of carboxylic acid groups (broad SMARTS) is 1. The number of carboxylic acids is 1. The molecule has 1 aliphatic rings. The topological polar surface area (TPSA) is 238 Å². The van der Waals surface area contributed by atoms with Crippen molar-refractivity contribution >= 4 is 41.3 Å². The molecule has 1 saturated carbocycles. The van der Waals surface area contributed by atoms with E-state index in [0.717, 1.165) is 11.8 Å². The monoisotopic (exact) mass is 890 g/mol. The van der Waals surface area contributed by atoms with Gasteiger partial charge in [-0.15, -0.1) is 0 Å². The fraction of sp³-hybridized carbons (Fsp3) is 0.378. The number of aliphatic carboxylic acids is 1. The molecule has 15 nitrogen and oxygen atoms in total. The molecule has 3 amide bonds. The highest BCUT2D eigenvalue weighted by Crippen LogP contribution is 2.58. The lowest BCUT2D eigenvalue weighted by atomic mass is 9.87. The zero-order valence-corrected chi connectivity index (χ0v) is 36.2. The van der Waals surface area contributed by atoms with Crippen molar-refractivity contribution in [3.05, 3.63) is 138 Å². The first-order valence-electron chi connectivity index (χ1n) is 20.5. The lowest BCUT2D eigenvalue weighted by Crippen LogP contribution is -2.53. The minimum Gasteiger partial charge on any atom is -0.508 e. The molecule has 17 heteroatoms. The van der Waals surface area contributed by atoms with E-state index in [1.165, 1.54) is 24.3 Å². The number of amides is 3. The Morgan fingerprint density at radius 3 is 1.89 bits per heavy atom. The van der Waals surface area contributed by atoms with Gasteiger partial charge in [0.2, 0.25) is 29.2 Å². The zero-order chi connectivity index (χ0) is 44.8. The van der Waals surface area contributed by atoms with Gasteiger partial charge in [0, 0.05) is 25.0 Å². The largest absolute Gasteiger partial charge is 0.508 e. The summed E-state index contributed by atoms with van der Waals surface area (Å²) in [6, 6.07) is 29.8. The van der Waals surface area contributed by atoms with E-state index >= 15 is 4.57 Å². The van der Waals surface area contributed by atoms with Crippen molar-refractivity contribution in [2.75, 3.05) is 19.0 Å². The van der Waals surface area contributed by atoms with E-state index in [1.807, 2.05) is 30.3 Å². The summed E-state index contributed by atoms with van der Waals surface area (Å²) in [4.78, 5) is 65.8. The predicted molar refractivity (Wildman–Crippen MR) is 234 cm³/mol. The van der Waals surface area contributed by atoms with Crippen molar-refractivity contribution in [3.8, 4) is 5.75 Å². The van der Waals surface area contributed by atoms with Crippen LogP contribution in [0.15, 0.2) is 115 Å². The predicted octanol–water partition coefficient (Wildman–Crippen LogP) is 5.62. The van der Waals surface area contributed by atoms with Gasteiger partial charge in [0.15, 0.2) is 0 Å². The first kappa shape index (κ1) is 47.5. The molecule has 4 aromatic carbocycles. The SMILES string of the molecule is CS(=O)(=O)N[C@@H](CCCCNC(=O)OCc1ccccc1)C(=O)N[C@@H](C(c1ccccc1)c1ccccc1)P(=O)(O)CC1(C(=O)N[C@@H](Cc2ccc(O)cc2)C(=O)O)CCCC1. The summed E-state index contributed by atoms with van der Waals surface area (Å²) in [5, 5.41) is 27.9. The molecule has 0 bridgehead atoms. The highest BCUT2D eigenvalue weighted by Gasteiger charge is 2.51. The quantitative estimate of drug-likeness (QED) is 0.0378. The average Bonchev–Trinajstić information content (AvgIpc) is 3.72. The summed E-state index contributed by atoms with van der Waals surface area (Å²) < 4.78 is 48.1. The van der Waals surface area contributed by atoms with E-state index < -0.39 is 76.6 Å². The number of hydrogen-bond donors (Lipinski definition) is 7. The second-order valence-corrected chi connectivity index (χ2v) is 20.0. The van der Waals surface area contributed by atoms with Crippen molar-refractivity contribution in [1.82, 2.24) is 20.7 Å². The van der Waals surface area contributed by atoms with Crippen LogP contribution in [0, 0.1) is 5.41 Å². The smallest absolute Gasteiger partial charge is 0.407 e. The number of hydrogen-bond acceptors (Lipinski definition) is 9. The van der Waals surface area contributed by atoms with Crippen LogP contribution >= 0.6 is 7.37 Å². The van der Waals surface area contributed by atoms with Gasteiger partial charge in [0.25, 0.3) is 0 Å². The maximum Gasteiger partial charge on any atom is 0.407 e. The van der Waals surface area contributed by atoms with Crippen molar-refractivity contribution in [2.45, 2.75) is 81.8 Å². The Bertz CT molecular complexity index is 2220. The summed E-state index contributed by atoms with van der Waals surface area (Å²) in [7, 11) is -8.71. The lowest BCUT2D eigenvalue weighted by molar-refractivity contribution is -0.143. The normalized spacial score (nSPS) is 16.0. The highest BCUT2D eigenvalue weighted by atomic mass is 32.2. The van der Waals surface area contributed by atoms with Crippen LogP contribution < -0.4 is 20.7 Å². The van der Waals surface area contributed by atoms with Crippen LogP contribution in [0.1, 0.15) is 73.1 Å². The first-order valence-corrected chi connectivity index (χ1v) is 24.3.